The van der Waals surface area contributed by atoms with Gasteiger partial charge in [-0.25, -0.2) is 4.79 Å². The lowest BCUT2D eigenvalue weighted by molar-refractivity contribution is 0.0697. The van der Waals surface area contributed by atoms with Crippen LogP contribution in [0.4, 0.5) is 0 Å². The molecule has 3 aromatic rings. The number of carboxylic acid groups (broad SMARTS) is 1. The number of aromatic nitrogens is 2. The fraction of sp³-hybridized carbons (Fsp3) is 0.211. The highest BCUT2D eigenvalue weighted by molar-refractivity contribution is 5.90. The van der Waals surface area contributed by atoms with Crippen molar-refractivity contribution in [3.8, 4) is 22.6 Å². The summed E-state index contributed by atoms with van der Waals surface area (Å²) >= 11 is 0. The van der Waals surface area contributed by atoms with Gasteiger partial charge in [0.25, 0.3) is 0 Å². The van der Waals surface area contributed by atoms with Crippen LogP contribution in [0.2, 0.25) is 0 Å². The van der Waals surface area contributed by atoms with Gasteiger partial charge in [0.1, 0.15) is 0 Å². The first-order valence-electron chi connectivity index (χ1n) is 8.01. The van der Waals surface area contributed by atoms with E-state index < -0.39 is 5.97 Å². The fourth-order valence-electron chi connectivity index (χ4n) is 2.25. The van der Waals surface area contributed by atoms with Crippen LogP contribution in [-0.4, -0.2) is 27.3 Å². The minimum absolute atomic E-state index is 0.275. The highest BCUT2D eigenvalue weighted by Gasteiger charge is 2.13. The van der Waals surface area contributed by atoms with Crippen molar-refractivity contribution in [2.45, 2.75) is 25.8 Å². The van der Waals surface area contributed by atoms with E-state index in [1.165, 1.54) is 19.2 Å². The largest absolute Gasteiger partial charge is 0.478 e. The lowest BCUT2D eigenvalue weighted by Crippen LogP contribution is -1.97. The van der Waals surface area contributed by atoms with Gasteiger partial charge in [0, 0.05) is 11.6 Å². The van der Waals surface area contributed by atoms with Crippen LogP contribution in [0, 0.1) is 6.92 Å². The second-order valence-corrected chi connectivity index (χ2v) is 5.99. The monoisotopic (exact) mass is 337 g/mol. The van der Waals surface area contributed by atoms with Crippen LogP contribution in [0.5, 0.6) is 0 Å². The standard InChI is InChI=1S/C16H12N2O3.C3H7N/c1-10-2-3-13(16(19)20)8-14(10)11-4-6-12(7-5-11)15-18-17-9-21-15;4-3-1-2-3/h2-9H,1H3,(H,19,20);3H,1-2,4H2. The summed E-state index contributed by atoms with van der Waals surface area (Å²) in [6.07, 6.45) is 3.81. The van der Waals surface area contributed by atoms with Crippen LogP contribution in [0.15, 0.2) is 53.3 Å². The number of nitrogens with two attached hydrogens (primary N) is 1. The maximum Gasteiger partial charge on any atom is 0.335 e. The Balaban J connectivity index is 0.000000401. The van der Waals surface area contributed by atoms with Gasteiger partial charge in [-0.1, -0.05) is 18.2 Å². The number of benzene rings is 2. The highest BCUT2D eigenvalue weighted by Crippen LogP contribution is 2.27. The molecule has 128 valence electrons. The average molecular weight is 337 g/mol. The van der Waals surface area contributed by atoms with E-state index in [9.17, 15) is 4.79 Å². The molecule has 0 atom stereocenters. The van der Waals surface area contributed by atoms with Gasteiger partial charge in [-0.05, 0) is 60.7 Å². The third-order valence-corrected chi connectivity index (χ3v) is 3.91. The normalized spacial score (nSPS) is 13.0. The zero-order chi connectivity index (χ0) is 17.8. The lowest BCUT2D eigenvalue weighted by Gasteiger charge is -2.08. The van der Waals surface area contributed by atoms with Gasteiger partial charge in [0.2, 0.25) is 12.3 Å². The van der Waals surface area contributed by atoms with E-state index in [0.717, 1.165) is 22.3 Å². The topological polar surface area (TPSA) is 102 Å². The Bertz CT molecular complexity index is 854. The maximum atomic E-state index is 11.1. The Kier molecular flexibility index (Phi) is 4.90. The molecule has 6 nitrogen and oxygen atoms in total. The molecule has 25 heavy (non-hydrogen) atoms. The Labute approximate surface area is 145 Å². The number of hydrogen-bond acceptors (Lipinski definition) is 5. The lowest BCUT2D eigenvalue weighted by atomic mass is 9.97. The van der Waals surface area contributed by atoms with E-state index in [2.05, 4.69) is 10.2 Å². The van der Waals surface area contributed by atoms with Crippen molar-refractivity contribution in [3.63, 3.8) is 0 Å². The Hall–Kier alpha value is -2.99. The van der Waals surface area contributed by atoms with Crippen molar-refractivity contribution in [2.24, 2.45) is 5.73 Å². The number of carbonyl (C=O) groups is 1. The molecule has 1 heterocycles. The van der Waals surface area contributed by atoms with E-state index >= 15 is 0 Å². The zero-order valence-electron chi connectivity index (χ0n) is 13.8. The van der Waals surface area contributed by atoms with Crippen LogP contribution in [0.3, 0.4) is 0 Å². The first kappa shape index (κ1) is 16.9. The van der Waals surface area contributed by atoms with Crippen molar-refractivity contribution in [1.82, 2.24) is 10.2 Å². The summed E-state index contributed by atoms with van der Waals surface area (Å²) in [6.45, 7) is 1.95. The number of hydrogen-bond donors (Lipinski definition) is 2. The molecule has 2 aromatic carbocycles. The first-order chi connectivity index (χ1) is 12.0. The zero-order valence-corrected chi connectivity index (χ0v) is 13.8. The summed E-state index contributed by atoms with van der Waals surface area (Å²) in [5.74, 6) is -0.476. The number of nitrogens with zero attached hydrogens (tertiary/aromatic N) is 2. The SMILES string of the molecule is Cc1ccc(C(=O)O)cc1-c1ccc(-c2nnco2)cc1.NC1CC1. The Morgan fingerprint density at radius 2 is 1.80 bits per heavy atom. The molecule has 1 fully saturated rings. The van der Waals surface area contributed by atoms with Gasteiger partial charge in [0.05, 0.1) is 5.56 Å². The van der Waals surface area contributed by atoms with Gasteiger partial charge < -0.3 is 15.3 Å². The molecular formula is C19H19N3O3. The molecule has 1 aliphatic rings. The molecule has 1 aliphatic carbocycles. The van der Waals surface area contributed by atoms with E-state index in [1.807, 2.05) is 37.3 Å². The maximum absolute atomic E-state index is 11.1. The molecule has 0 radical (unpaired) electrons. The third kappa shape index (κ3) is 4.30. The van der Waals surface area contributed by atoms with Crippen LogP contribution >= 0.6 is 0 Å². The van der Waals surface area contributed by atoms with Crippen LogP contribution in [0.1, 0.15) is 28.8 Å². The molecule has 0 saturated heterocycles. The fourth-order valence-corrected chi connectivity index (χ4v) is 2.25. The van der Waals surface area contributed by atoms with Crippen molar-refractivity contribution in [1.29, 1.82) is 0 Å². The quantitative estimate of drug-likeness (QED) is 0.758. The number of rotatable bonds is 3. The van der Waals surface area contributed by atoms with Gasteiger partial charge in [-0.2, -0.15) is 0 Å². The Morgan fingerprint density at radius 1 is 1.16 bits per heavy atom. The minimum Gasteiger partial charge on any atom is -0.478 e. The summed E-state index contributed by atoms with van der Waals surface area (Å²) in [5.41, 5.74) is 9.18. The van der Waals surface area contributed by atoms with E-state index in [-0.39, 0.29) is 5.56 Å². The van der Waals surface area contributed by atoms with Crippen molar-refractivity contribution >= 4 is 5.97 Å². The van der Waals surface area contributed by atoms with Crippen LogP contribution in [-0.2, 0) is 0 Å². The minimum atomic E-state index is -0.932. The molecule has 0 amide bonds. The predicted molar refractivity (Wildman–Crippen MR) is 94.1 cm³/mol. The van der Waals surface area contributed by atoms with Crippen molar-refractivity contribution in [3.05, 3.63) is 60.0 Å². The number of carboxylic acids is 1. The molecule has 0 bridgehead atoms. The second-order valence-electron chi connectivity index (χ2n) is 5.99. The summed E-state index contributed by atoms with van der Waals surface area (Å²) < 4.78 is 5.14. The van der Waals surface area contributed by atoms with E-state index in [1.54, 1.807) is 12.1 Å². The number of aromatic carboxylic acids is 1. The second kappa shape index (κ2) is 7.27. The van der Waals surface area contributed by atoms with Gasteiger partial charge >= 0.3 is 5.97 Å². The van der Waals surface area contributed by atoms with Crippen LogP contribution < -0.4 is 5.73 Å². The smallest absolute Gasteiger partial charge is 0.335 e. The van der Waals surface area contributed by atoms with Gasteiger partial charge in [-0.15, -0.1) is 10.2 Å². The molecule has 1 aromatic heterocycles. The van der Waals surface area contributed by atoms with Crippen LogP contribution in [0.25, 0.3) is 22.6 Å². The Morgan fingerprint density at radius 3 is 2.32 bits per heavy atom. The van der Waals surface area contributed by atoms with E-state index in [0.29, 0.717) is 11.9 Å². The molecule has 3 N–H and O–H groups in total. The first-order valence-corrected chi connectivity index (χ1v) is 8.01. The molecule has 0 aliphatic heterocycles. The summed E-state index contributed by atoms with van der Waals surface area (Å²) in [4.78, 5) is 11.1. The molecule has 0 unspecified atom stereocenters. The molecule has 0 spiro atoms. The van der Waals surface area contributed by atoms with Gasteiger partial charge in [0.15, 0.2) is 0 Å². The van der Waals surface area contributed by atoms with Crippen molar-refractivity contribution < 1.29 is 14.3 Å². The van der Waals surface area contributed by atoms with Crippen molar-refractivity contribution in [2.75, 3.05) is 0 Å². The third-order valence-electron chi connectivity index (χ3n) is 3.91. The van der Waals surface area contributed by atoms with Gasteiger partial charge in [-0.3, -0.25) is 0 Å². The number of aryl methyl sites for hydroxylation is 1. The highest BCUT2D eigenvalue weighted by atomic mass is 16.4. The molecular weight excluding hydrogens is 318 g/mol. The summed E-state index contributed by atoms with van der Waals surface area (Å²) in [5, 5.41) is 16.6. The summed E-state index contributed by atoms with van der Waals surface area (Å²) in [6, 6.07) is 13.2. The summed E-state index contributed by atoms with van der Waals surface area (Å²) in [7, 11) is 0. The molecule has 1 saturated carbocycles. The molecule has 4 rings (SSSR count). The molecule has 6 heteroatoms. The predicted octanol–water partition coefficient (Wildman–Crippen LogP) is 3.52. The van der Waals surface area contributed by atoms with E-state index in [4.69, 9.17) is 15.3 Å². The average Bonchev–Trinajstić information content (AvgIpc) is 3.21.